The molecule has 1 fully saturated rings. The molecule has 0 aromatic rings. The number of hydrogen-bond donors (Lipinski definition) is 0. The molecule has 2 atom stereocenters. The molecule has 70 valence electrons. The van der Waals surface area contributed by atoms with E-state index in [0.29, 0.717) is 6.61 Å². The van der Waals surface area contributed by atoms with Crippen molar-refractivity contribution in [2.45, 2.75) is 25.5 Å². The summed E-state index contributed by atoms with van der Waals surface area (Å²) in [5, 5.41) is 0. The predicted molar refractivity (Wildman–Crippen MR) is 44.8 cm³/mol. The van der Waals surface area contributed by atoms with Gasteiger partial charge in [-0.05, 0) is 13.8 Å². The van der Waals surface area contributed by atoms with Crippen LogP contribution in [0.2, 0.25) is 0 Å². The van der Waals surface area contributed by atoms with Crippen molar-refractivity contribution in [1.29, 1.82) is 0 Å². The van der Waals surface area contributed by atoms with Crippen LogP contribution in [0.1, 0.15) is 13.8 Å². The summed E-state index contributed by atoms with van der Waals surface area (Å²) in [4.78, 5) is 23.8. The predicted octanol–water partition coefficient (Wildman–Crippen LogP) is 0.0888. The molecule has 0 bridgehead atoms. The first-order chi connectivity index (χ1) is 6.04. The Morgan fingerprint density at radius 1 is 1.46 bits per heavy atom. The Morgan fingerprint density at radius 2 is 1.92 bits per heavy atom. The lowest BCUT2D eigenvalue weighted by Crippen LogP contribution is -2.45. The van der Waals surface area contributed by atoms with E-state index >= 15 is 0 Å². The third-order valence-corrected chi connectivity index (χ3v) is 2.71. The molecule has 13 heavy (non-hydrogen) atoms. The van der Waals surface area contributed by atoms with E-state index in [1.165, 1.54) is 17.1 Å². The maximum Gasteiger partial charge on any atom is 0.253 e. The molecule has 0 aromatic heterocycles. The Kier molecular flexibility index (Phi) is 1.57. The van der Waals surface area contributed by atoms with Crippen molar-refractivity contribution < 1.29 is 14.3 Å². The van der Waals surface area contributed by atoms with Gasteiger partial charge in [0.1, 0.15) is 5.60 Å². The molecule has 0 aromatic carbocycles. The number of ether oxygens (including phenoxy) is 1. The SMILES string of the molecule is CC(N1C(=O)C=CC1=O)C1(C)CO1. The first-order valence-corrected chi connectivity index (χ1v) is 4.24. The standard InChI is InChI=1S/C9H11NO3/c1-6(9(2)5-13-9)10-7(11)3-4-8(10)12/h3-4,6H,5H2,1-2H3. The van der Waals surface area contributed by atoms with Crippen LogP contribution in [0.5, 0.6) is 0 Å². The number of rotatable bonds is 2. The van der Waals surface area contributed by atoms with Crippen LogP contribution in [0.3, 0.4) is 0 Å². The van der Waals surface area contributed by atoms with E-state index in [2.05, 4.69) is 0 Å². The molecular weight excluding hydrogens is 170 g/mol. The van der Waals surface area contributed by atoms with Crippen molar-refractivity contribution >= 4 is 11.8 Å². The number of epoxide rings is 1. The second kappa shape index (κ2) is 2.42. The maximum atomic E-state index is 11.3. The molecule has 0 saturated carbocycles. The Labute approximate surface area is 76.2 Å². The van der Waals surface area contributed by atoms with Gasteiger partial charge in [0.15, 0.2) is 0 Å². The number of carbonyl (C=O) groups excluding carboxylic acids is 2. The highest BCUT2D eigenvalue weighted by atomic mass is 16.6. The molecule has 2 unspecified atom stereocenters. The first kappa shape index (κ1) is 8.44. The second-order valence-electron chi connectivity index (χ2n) is 3.66. The molecule has 1 saturated heterocycles. The maximum absolute atomic E-state index is 11.3. The number of carbonyl (C=O) groups is 2. The monoisotopic (exact) mass is 181 g/mol. The van der Waals surface area contributed by atoms with E-state index in [1.807, 2.05) is 13.8 Å². The van der Waals surface area contributed by atoms with Crippen molar-refractivity contribution in [3.8, 4) is 0 Å². The highest BCUT2D eigenvalue weighted by molar-refractivity contribution is 6.13. The van der Waals surface area contributed by atoms with Gasteiger partial charge >= 0.3 is 0 Å². The molecule has 0 N–H and O–H groups in total. The lowest BCUT2D eigenvalue weighted by molar-refractivity contribution is -0.140. The minimum absolute atomic E-state index is 0.178. The summed E-state index contributed by atoms with van der Waals surface area (Å²) in [6, 6.07) is -0.178. The van der Waals surface area contributed by atoms with Gasteiger partial charge in [0.05, 0.1) is 12.6 Å². The van der Waals surface area contributed by atoms with Gasteiger partial charge in [0.2, 0.25) is 0 Å². The zero-order valence-electron chi connectivity index (χ0n) is 7.61. The summed E-state index contributed by atoms with van der Waals surface area (Å²) in [5.74, 6) is -0.483. The molecule has 0 spiro atoms. The van der Waals surface area contributed by atoms with Gasteiger partial charge in [-0.3, -0.25) is 14.5 Å². The van der Waals surface area contributed by atoms with Crippen LogP contribution in [0.15, 0.2) is 12.2 Å². The lowest BCUT2D eigenvalue weighted by atomic mass is 10.0. The van der Waals surface area contributed by atoms with Crippen molar-refractivity contribution in [3.05, 3.63) is 12.2 Å². The van der Waals surface area contributed by atoms with Crippen molar-refractivity contribution in [2.75, 3.05) is 6.61 Å². The Balaban J connectivity index is 2.17. The van der Waals surface area contributed by atoms with Gasteiger partial charge < -0.3 is 4.74 Å². The summed E-state index contributed by atoms with van der Waals surface area (Å²) in [7, 11) is 0. The molecule has 4 nitrogen and oxygen atoms in total. The molecule has 0 radical (unpaired) electrons. The van der Waals surface area contributed by atoms with Crippen molar-refractivity contribution in [1.82, 2.24) is 4.90 Å². The van der Waals surface area contributed by atoms with Crippen LogP contribution < -0.4 is 0 Å². The summed E-state index contributed by atoms with van der Waals surface area (Å²) in [6.45, 7) is 4.34. The van der Waals surface area contributed by atoms with E-state index in [1.54, 1.807) is 0 Å². The molecule has 2 heterocycles. The lowest BCUT2D eigenvalue weighted by Gasteiger charge is -2.25. The van der Waals surface area contributed by atoms with E-state index < -0.39 is 0 Å². The average molecular weight is 181 g/mol. The number of imide groups is 1. The summed E-state index contributed by atoms with van der Waals surface area (Å²) in [6.07, 6.45) is 2.59. The van der Waals surface area contributed by atoms with Crippen LogP contribution in [-0.2, 0) is 14.3 Å². The number of nitrogens with zero attached hydrogens (tertiary/aromatic N) is 1. The fourth-order valence-corrected chi connectivity index (χ4v) is 1.42. The second-order valence-corrected chi connectivity index (χ2v) is 3.66. The van der Waals surface area contributed by atoms with Gasteiger partial charge in [-0.2, -0.15) is 0 Å². The van der Waals surface area contributed by atoms with Crippen LogP contribution in [-0.4, -0.2) is 35.0 Å². The molecule has 4 heteroatoms. The summed E-state index contributed by atoms with van der Waals surface area (Å²) < 4.78 is 5.19. The normalized spacial score (nSPS) is 34.2. The minimum atomic E-state index is -0.322. The van der Waals surface area contributed by atoms with Gasteiger partial charge in [-0.25, -0.2) is 0 Å². The fourth-order valence-electron chi connectivity index (χ4n) is 1.42. The van der Waals surface area contributed by atoms with E-state index in [-0.39, 0.29) is 23.5 Å². The topological polar surface area (TPSA) is 49.9 Å². The summed E-state index contributed by atoms with van der Waals surface area (Å²) >= 11 is 0. The third-order valence-electron chi connectivity index (χ3n) is 2.71. The average Bonchev–Trinajstić information content (AvgIpc) is 2.73. The summed E-state index contributed by atoms with van der Waals surface area (Å²) in [5.41, 5.74) is -0.322. The van der Waals surface area contributed by atoms with Gasteiger partial charge in [-0.15, -0.1) is 0 Å². The zero-order chi connectivity index (χ0) is 9.64. The third kappa shape index (κ3) is 1.18. The molecular formula is C9H11NO3. The van der Waals surface area contributed by atoms with Crippen LogP contribution >= 0.6 is 0 Å². The van der Waals surface area contributed by atoms with Crippen molar-refractivity contribution in [3.63, 3.8) is 0 Å². The zero-order valence-corrected chi connectivity index (χ0v) is 7.61. The minimum Gasteiger partial charge on any atom is -0.368 e. The van der Waals surface area contributed by atoms with Gasteiger partial charge in [0.25, 0.3) is 11.8 Å². The van der Waals surface area contributed by atoms with Crippen LogP contribution in [0, 0.1) is 0 Å². The largest absolute Gasteiger partial charge is 0.368 e. The molecule has 2 aliphatic heterocycles. The highest BCUT2D eigenvalue weighted by Crippen LogP contribution is 2.34. The number of hydrogen-bond acceptors (Lipinski definition) is 3. The highest BCUT2D eigenvalue weighted by Gasteiger charge is 2.50. The molecule has 2 aliphatic rings. The van der Waals surface area contributed by atoms with Crippen LogP contribution in [0.4, 0.5) is 0 Å². The van der Waals surface area contributed by atoms with Crippen molar-refractivity contribution in [2.24, 2.45) is 0 Å². The van der Waals surface area contributed by atoms with Gasteiger partial charge in [-0.1, -0.05) is 0 Å². The Hall–Kier alpha value is -1.16. The van der Waals surface area contributed by atoms with E-state index in [9.17, 15) is 9.59 Å². The smallest absolute Gasteiger partial charge is 0.253 e. The molecule has 2 amide bonds. The Bertz CT molecular complexity index is 286. The molecule has 2 rings (SSSR count). The fraction of sp³-hybridized carbons (Fsp3) is 0.556. The quantitative estimate of drug-likeness (QED) is 0.448. The number of amides is 2. The first-order valence-electron chi connectivity index (χ1n) is 4.24. The van der Waals surface area contributed by atoms with Crippen LogP contribution in [0.25, 0.3) is 0 Å². The molecule has 0 aliphatic carbocycles. The van der Waals surface area contributed by atoms with Gasteiger partial charge in [0, 0.05) is 12.2 Å². The van der Waals surface area contributed by atoms with E-state index in [4.69, 9.17) is 4.74 Å². The van der Waals surface area contributed by atoms with E-state index in [0.717, 1.165) is 0 Å². The Morgan fingerprint density at radius 3 is 2.31 bits per heavy atom.